The number of likely N-dealkylation sites (N-methyl/N-ethyl adjacent to an activating group) is 1. The smallest absolute Gasteiger partial charge is 0.270 e. The quantitative estimate of drug-likeness (QED) is 0.692. The highest BCUT2D eigenvalue weighted by molar-refractivity contribution is 6.05. The van der Waals surface area contributed by atoms with Crippen LogP contribution in [0.4, 0.5) is 0 Å². The largest absolute Gasteiger partial charge is 0.493 e. The highest BCUT2D eigenvalue weighted by Gasteiger charge is 2.19. The molecule has 0 saturated carbocycles. The molecule has 0 saturated heterocycles. The molecule has 154 valence electrons. The van der Waals surface area contributed by atoms with Gasteiger partial charge in [0.25, 0.3) is 11.8 Å². The van der Waals surface area contributed by atoms with Crippen molar-refractivity contribution in [1.82, 2.24) is 10.2 Å². The van der Waals surface area contributed by atoms with Gasteiger partial charge in [0.15, 0.2) is 11.5 Å². The van der Waals surface area contributed by atoms with Gasteiger partial charge in [0.1, 0.15) is 5.70 Å². The van der Waals surface area contributed by atoms with Crippen molar-refractivity contribution in [1.29, 1.82) is 0 Å². The molecule has 0 spiro atoms. The van der Waals surface area contributed by atoms with Gasteiger partial charge >= 0.3 is 0 Å². The second kappa shape index (κ2) is 10.3. The summed E-state index contributed by atoms with van der Waals surface area (Å²) < 4.78 is 10.6. The zero-order valence-electron chi connectivity index (χ0n) is 17.6. The third-order valence-electron chi connectivity index (χ3n) is 4.56. The molecule has 0 unspecified atom stereocenters. The van der Waals surface area contributed by atoms with E-state index in [1.807, 2.05) is 32.9 Å². The molecule has 2 amide bonds. The first-order valence-corrected chi connectivity index (χ1v) is 9.54. The van der Waals surface area contributed by atoms with Crippen molar-refractivity contribution >= 4 is 17.9 Å². The molecule has 6 heteroatoms. The molecule has 0 heterocycles. The Morgan fingerprint density at radius 2 is 1.59 bits per heavy atom. The molecule has 0 aromatic heterocycles. The second-order valence-electron chi connectivity index (χ2n) is 6.47. The van der Waals surface area contributed by atoms with Crippen LogP contribution >= 0.6 is 0 Å². The molecule has 2 aromatic carbocycles. The van der Waals surface area contributed by atoms with Crippen LogP contribution in [0, 0.1) is 6.92 Å². The number of rotatable bonds is 8. The molecule has 0 aliphatic rings. The van der Waals surface area contributed by atoms with Crippen LogP contribution in [0.25, 0.3) is 6.08 Å². The third-order valence-corrected chi connectivity index (χ3v) is 4.56. The van der Waals surface area contributed by atoms with E-state index in [4.69, 9.17) is 9.47 Å². The summed E-state index contributed by atoms with van der Waals surface area (Å²) in [6.07, 6.45) is 1.65. The number of aryl methyl sites for hydroxylation is 1. The van der Waals surface area contributed by atoms with Crippen LogP contribution in [0.2, 0.25) is 0 Å². The van der Waals surface area contributed by atoms with Crippen LogP contribution in [-0.4, -0.2) is 44.0 Å². The van der Waals surface area contributed by atoms with Crippen molar-refractivity contribution in [3.63, 3.8) is 0 Å². The first-order valence-electron chi connectivity index (χ1n) is 9.54. The minimum Gasteiger partial charge on any atom is -0.493 e. The highest BCUT2D eigenvalue weighted by Crippen LogP contribution is 2.28. The third kappa shape index (κ3) is 5.60. The van der Waals surface area contributed by atoms with Crippen molar-refractivity contribution < 1.29 is 19.1 Å². The molecule has 6 nitrogen and oxygen atoms in total. The number of carbonyl (C=O) groups is 2. The monoisotopic (exact) mass is 396 g/mol. The average molecular weight is 396 g/mol. The van der Waals surface area contributed by atoms with Gasteiger partial charge in [-0.05, 0) is 56.7 Å². The maximum absolute atomic E-state index is 13.0. The Hall–Kier alpha value is -3.28. The number of amides is 2. The first kappa shape index (κ1) is 22.0. The molecule has 0 atom stereocenters. The number of nitrogens with one attached hydrogen (secondary N) is 1. The SMILES string of the molecule is CCN(CC)C(=O)C(=Cc1ccc(OC)c(OC)c1)NC(=O)c1ccc(C)cc1. The maximum Gasteiger partial charge on any atom is 0.270 e. The lowest BCUT2D eigenvalue weighted by molar-refractivity contribution is -0.127. The molecular formula is C23H28N2O4. The fourth-order valence-electron chi connectivity index (χ4n) is 2.84. The van der Waals surface area contributed by atoms with E-state index in [9.17, 15) is 9.59 Å². The van der Waals surface area contributed by atoms with Crippen LogP contribution in [0.3, 0.4) is 0 Å². The molecule has 0 fully saturated rings. The van der Waals surface area contributed by atoms with E-state index in [-0.39, 0.29) is 17.5 Å². The summed E-state index contributed by atoms with van der Waals surface area (Å²) in [5.74, 6) is 0.549. The van der Waals surface area contributed by atoms with Gasteiger partial charge in [-0.15, -0.1) is 0 Å². The maximum atomic E-state index is 13.0. The zero-order chi connectivity index (χ0) is 21.4. The van der Waals surface area contributed by atoms with Gasteiger partial charge in [-0.2, -0.15) is 0 Å². The minimum atomic E-state index is -0.336. The zero-order valence-corrected chi connectivity index (χ0v) is 17.6. The summed E-state index contributed by atoms with van der Waals surface area (Å²) >= 11 is 0. The van der Waals surface area contributed by atoms with E-state index >= 15 is 0 Å². The number of hydrogen-bond donors (Lipinski definition) is 1. The Morgan fingerprint density at radius 3 is 2.14 bits per heavy atom. The van der Waals surface area contributed by atoms with Gasteiger partial charge < -0.3 is 19.7 Å². The van der Waals surface area contributed by atoms with Crippen molar-refractivity contribution in [2.75, 3.05) is 27.3 Å². The molecule has 29 heavy (non-hydrogen) atoms. The molecule has 0 bridgehead atoms. The Bertz CT molecular complexity index is 884. The van der Waals surface area contributed by atoms with Gasteiger partial charge in [-0.3, -0.25) is 9.59 Å². The molecule has 2 rings (SSSR count). The predicted octanol–water partition coefficient (Wildman–Crippen LogP) is 3.65. The van der Waals surface area contributed by atoms with E-state index in [1.54, 1.807) is 55.5 Å². The summed E-state index contributed by atoms with van der Waals surface area (Å²) in [6.45, 7) is 6.83. The van der Waals surface area contributed by atoms with Crippen molar-refractivity contribution in [3.8, 4) is 11.5 Å². The summed E-state index contributed by atoms with van der Waals surface area (Å²) in [6, 6.07) is 12.5. The van der Waals surface area contributed by atoms with Gasteiger partial charge in [0, 0.05) is 18.7 Å². The van der Waals surface area contributed by atoms with E-state index in [0.717, 1.165) is 5.56 Å². The lowest BCUT2D eigenvalue weighted by Gasteiger charge is -2.21. The van der Waals surface area contributed by atoms with Crippen LogP contribution in [0.1, 0.15) is 35.3 Å². The van der Waals surface area contributed by atoms with E-state index in [2.05, 4.69) is 5.32 Å². The lowest BCUT2D eigenvalue weighted by Crippen LogP contribution is -2.38. The van der Waals surface area contributed by atoms with Crippen LogP contribution in [-0.2, 0) is 4.79 Å². The topological polar surface area (TPSA) is 67.9 Å². The average Bonchev–Trinajstić information content (AvgIpc) is 2.74. The van der Waals surface area contributed by atoms with Crippen molar-refractivity contribution in [2.45, 2.75) is 20.8 Å². The molecular weight excluding hydrogens is 368 g/mol. The number of benzene rings is 2. The number of nitrogens with zero attached hydrogens (tertiary/aromatic N) is 1. The Balaban J connectivity index is 2.41. The van der Waals surface area contributed by atoms with Crippen LogP contribution in [0.5, 0.6) is 11.5 Å². The standard InChI is InChI=1S/C23H28N2O4/c1-6-25(7-2)23(27)19(24-22(26)18-11-8-16(3)9-12-18)14-17-10-13-20(28-4)21(15-17)29-5/h8-15H,6-7H2,1-5H3,(H,24,26). The molecule has 0 aliphatic heterocycles. The Kier molecular flexibility index (Phi) is 7.83. The fourth-order valence-corrected chi connectivity index (χ4v) is 2.84. The van der Waals surface area contributed by atoms with E-state index < -0.39 is 0 Å². The van der Waals surface area contributed by atoms with Gasteiger partial charge in [-0.1, -0.05) is 23.8 Å². The first-order chi connectivity index (χ1) is 13.9. The molecule has 1 N–H and O–H groups in total. The number of ether oxygens (including phenoxy) is 2. The van der Waals surface area contributed by atoms with E-state index in [0.29, 0.717) is 35.7 Å². The number of methoxy groups -OCH3 is 2. The van der Waals surface area contributed by atoms with Gasteiger partial charge in [0.2, 0.25) is 0 Å². The van der Waals surface area contributed by atoms with E-state index in [1.165, 1.54) is 0 Å². The minimum absolute atomic E-state index is 0.200. The normalized spacial score (nSPS) is 11.0. The molecule has 2 aromatic rings. The highest BCUT2D eigenvalue weighted by atomic mass is 16.5. The summed E-state index contributed by atoms with van der Waals surface area (Å²) in [7, 11) is 3.11. The number of hydrogen-bond acceptors (Lipinski definition) is 4. The van der Waals surface area contributed by atoms with Gasteiger partial charge in [-0.25, -0.2) is 0 Å². The summed E-state index contributed by atoms with van der Waals surface area (Å²) in [5.41, 5.74) is 2.46. The number of carbonyl (C=O) groups excluding carboxylic acids is 2. The van der Waals surface area contributed by atoms with Crippen LogP contribution < -0.4 is 14.8 Å². The van der Waals surface area contributed by atoms with Crippen molar-refractivity contribution in [2.24, 2.45) is 0 Å². The Labute approximate surface area is 172 Å². The van der Waals surface area contributed by atoms with Crippen LogP contribution in [0.15, 0.2) is 48.2 Å². The lowest BCUT2D eigenvalue weighted by atomic mass is 10.1. The van der Waals surface area contributed by atoms with Gasteiger partial charge in [0.05, 0.1) is 14.2 Å². The Morgan fingerprint density at radius 1 is 0.966 bits per heavy atom. The molecule has 0 radical (unpaired) electrons. The second-order valence-corrected chi connectivity index (χ2v) is 6.47. The van der Waals surface area contributed by atoms with Crippen molar-refractivity contribution in [3.05, 3.63) is 64.9 Å². The molecule has 0 aliphatic carbocycles. The summed E-state index contributed by atoms with van der Waals surface area (Å²) in [5, 5.41) is 2.78. The predicted molar refractivity (Wildman–Crippen MR) is 114 cm³/mol. The fraction of sp³-hybridized carbons (Fsp3) is 0.304. The summed E-state index contributed by atoms with van der Waals surface area (Å²) in [4.78, 5) is 27.4.